The lowest BCUT2D eigenvalue weighted by Crippen LogP contribution is -2.47. The van der Waals surface area contributed by atoms with Gasteiger partial charge in [-0.2, -0.15) is 0 Å². The van der Waals surface area contributed by atoms with E-state index in [9.17, 15) is 9.90 Å². The third-order valence-corrected chi connectivity index (χ3v) is 7.32. The minimum Gasteiger partial charge on any atom is -0.394 e. The molecule has 1 atom stereocenters. The Hall–Kier alpha value is -3.33. The Morgan fingerprint density at radius 2 is 1.79 bits per heavy atom. The van der Waals surface area contributed by atoms with Gasteiger partial charge in [0.05, 0.1) is 18.0 Å². The molecule has 0 saturated carbocycles. The molecule has 1 amide bonds. The molecule has 2 aromatic carbocycles. The Labute approximate surface area is 202 Å². The van der Waals surface area contributed by atoms with E-state index in [1.807, 2.05) is 59.5 Å². The van der Waals surface area contributed by atoms with E-state index in [0.29, 0.717) is 11.4 Å². The fraction of sp³-hybridized carbons (Fsp3) is 0.269. The van der Waals surface area contributed by atoms with Gasteiger partial charge in [-0.3, -0.25) is 4.79 Å². The molecule has 0 spiro atoms. The predicted molar refractivity (Wildman–Crippen MR) is 136 cm³/mol. The number of piperazine rings is 1. The largest absolute Gasteiger partial charge is 0.394 e. The number of likely N-dealkylation sites (N-methyl/N-ethyl adjacent to an activating group) is 1. The molecule has 8 heteroatoms. The molecule has 0 bridgehead atoms. The highest BCUT2D eigenvalue weighted by Crippen LogP contribution is 2.36. The zero-order valence-corrected chi connectivity index (χ0v) is 19.8. The van der Waals surface area contributed by atoms with E-state index in [2.05, 4.69) is 33.3 Å². The molecule has 5 rings (SSSR count). The number of aromatic nitrogens is 2. The summed E-state index contributed by atoms with van der Waals surface area (Å²) in [6.45, 7) is 3.30. The minimum absolute atomic E-state index is 0.0463. The van der Waals surface area contributed by atoms with E-state index in [0.717, 1.165) is 52.4 Å². The Balaban J connectivity index is 1.37. The predicted octanol–water partition coefficient (Wildman–Crippen LogP) is 3.89. The third kappa shape index (κ3) is 4.65. The molecule has 1 fully saturated rings. The van der Waals surface area contributed by atoms with Gasteiger partial charge in [0.15, 0.2) is 0 Å². The van der Waals surface area contributed by atoms with Crippen molar-refractivity contribution in [2.45, 2.75) is 6.04 Å². The number of nitrogens with zero attached hydrogens (tertiary/aromatic N) is 4. The molecule has 34 heavy (non-hydrogen) atoms. The summed E-state index contributed by atoms with van der Waals surface area (Å²) < 4.78 is 0. The van der Waals surface area contributed by atoms with Crippen LogP contribution >= 0.6 is 11.3 Å². The molecule has 0 radical (unpaired) electrons. The molecule has 1 aliphatic rings. The molecule has 2 aromatic heterocycles. The monoisotopic (exact) mass is 473 g/mol. The van der Waals surface area contributed by atoms with Crippen LogP contribution in [-0.4, -0.2) is 70.6 Å². The molecule has 1 unspecified atom stereocenters. The standard InChI is InChI=1S/C26H27N5O2S/c1-30-11-13-31(14-12-30)26(33)20-9-7-19(8-10-20)23-15-21-24(27-17-28-25(21)34-23)29-22(16-32)18-5-3-2-4-6-18/h2-10,15,17,22,32H,11-14,16H2,1H3,(H,27,28,29). The number of thiophene rings is 1. The van der Waals surface area contributed by atoms with Crippen LogP contribution in [0.1, 0.15) is 22.0 Å². The summed E-state index contributed by atoms with van der Waals surface area (Å²) in [7, 11) is 2.08. The molecule has 1 saturated heterocycles. The van der Waals surface area contributed by atoms with Crippen molar-refractivity contribution in [1.82, 2.24) is 19.8 Å². The van der Waals surface area contributed by atoms with Crippen molar-refractivity contribution >= 4 is 33.3 Å². The van der Waals surface area contributed by atoms with Gasteiger partial charge in [-0.05, 0) is 36.4 Å². The number of nitrogens with one attached hydrogen (secondary N) is 1. The van der Waals surface area contributed by atoms with Gasteiger partial charge in [-0.15, -0.1) is 11.3 Å². The summed E-state index contributed by atoms with van der Waals surface area (Å²) in [6, 6.07) is 19.4. The molecule has 4 aromatic rings. The SMILES string of the molecule is CN1CCN(C(=O)c2ccc(-c3cc4c(NC(CO)c5ccccc5)ncnc4s3)cc2)CC1. The van der Waals surface area contributed by atoms with Crippen LogP contribution in [0.4, 0.5) is 5.82 Å². The van der Waals surface area contributed by atoms with Crippen molar-refractivity contribution in [3.05, 3.63) is 78.1 Å². The zero-order chi connectivity index (χ0) is 23.5. The second kappa shape index (κ2) is 9.89. The van der Waals surface area contributed by atoms with Crippen LogP contribution in [0.3, 0.4) is 0 Å². The number of hydrogen-bond acceptors (Lipinski definition) is 7. The second-order valence-electron chi connectivity index (χ2n) is 8.51. The highest BCUT2D eigenvalue weighted by atomic mass is 32.1. The molecule has 7 nitrogen and oxygen atoms in total. The average Bonchev–Trinajstić information content (AvgIpc) is 3.33. The first-order valence-corrected chi connectivity index (χ1v) is 12.2. The third-order valence-electron chi connectivity index (χ3n) is 6.23. The number of anilines is 1. The molecular formula is C26H27N5O2S. The number of carbonyl (C=O) groups excluding carboxylic acids is 1. The number of hydrogen-bond donors (Lipinski definition) is 2. The van der Waals surface area contributed by atoms with Crippen LogP contribution in [0.25, 0.3) is 20.7 Å². The molecular weight excluding hydrogens is 446 g/mol. The Bertz CT molecular complexity index is 1270. The molecule has 1 aliphatic heterocycles. The van der Waals surface area contributed by atoms with Gasteiger partial charge >= 0.3 is 0 Å². The number of aliphatic hydroxyl groups is 1. The van der Waals surface area contributed by atoms with Gasteiger partial charge in [0.25, 0.3) is 5.91 Å². The number of benzene rings is 2. The van der Waals surface area contributed by atoms with E-state index >= 15 is 0 Å². The highest BCUT2D eigenvalue weighted by Gasteiger charge is 2.20. The number of aliphatic hydroxyl groups excluding tert-OH is 1. The second-order valence-corrected chi connectivity index (χ2v) is 9.55. The summed E-state index contributed by atoms with van der Waals surface area (Å²) in [5, 5.41) is 14.2. The van der Waals surface area contributed by atoms with Crippen LogP contribution in [0, 0.1) is 0 Å². The number of amides is 1. The van der Waals surface area contributed by atoms with Crippen molar-refractivity contribution < 1.29 is 9.90 Å². The molecule has 3 heterocycles. The Morgan fingerprint density at radius 3 is 2.50 bits per heavy atom. The lowest BCUT2D eigenvalue weighted by molar-refractivity contribution is 0.0664. The molecule has 174 valence electrons. The van der Waals surface area contributed by atoms with E-state index in [1.54, 1.807) is 17.7 Å². The Morgan fingerprint density at radius 1 is 1.06 bits per heavy atom. The van der Waals surface area contributed by atoms with E-state index in [-0.39, 0.29) is 18.6 Å². The maximum atomic E-state index is 12.9. The minimum atomic E-state index is -0.262. The van der Waals surface area contributed by atoms with Crippen molar-refractivity contribution in [2.75, 3.05) is 45.2 Å². The Kier molecular flexibility index (Phi) is 6.53. The van der Waals surface area contributed by atoms with Crippen molar-refractivity contribution in [3.63, 3.8) is 0 Å². The summed E-state index contributed by atoms with van der Waals surface area (Å²) in [4.78, 5) is 27.8. The fourth-order valence-corrected chi connectivity index (χ4v) is 5.17. The van der Waals surface area contributed by atoms with Gasteiger partial charge in [-0.25, -0.2) is 9.97 Å². The number of rotatable bonds is 6. The van der Waals surface area contributed by atoms with E-state index < -0.39 is 0 Å². The van der Waals surface area contributed by atoms with E-state index in [4.69, 9.17) is 0 Å². The summed E-state index contributed by atoms with van der Waals surface area (Å²) in [5.74, 6) is 0.779. The van der Waals surface area contributed by atoms with Gasteiger partial charge in [-0.1, -0.05) is 42.5 Å². The summed E-state index contributed by atoms with van der Waals surface area (Å²) >= 11 is 1.58. The van der Waals surface area contributed by atoms with Crippen LogP contribution in [0.15, 0.2) is 67.0 Å². The normalized spacial score (nSPS) is 15.4. The highest BCUT2D eigenvalue weighted by molar-refractivity contribution is 7.21. The van der Waals surface area contributed by atoms with Crippen LogP contribution in [0.5, 0.6) is 0 Å². The zero-order valence-electron chi connectivity index (χ0n) is 19.0. The van der Waals surface area contributed by atoms with Crippen molar-refractivity contribution in [2.24, 2.45) is 0 Å². The fourth-order valence-electron chi connectivity index (χ4n) is 4.17. The lowest BCUT2D eigenvalue weighted by Gasteiger charge is -2.32. The lowest BCUT2D eigenvalue weighted by atomic mass is 10.1. The van der Waals surface area contributed by atoms with Gasteiger partial charge in [0.2, 0.25) is 0 Å². The molecule has 0 aliphatic carbocycles. The topological polar surface area (TPSA) is 81.6 Å². The smallest absolute Gasteiger partial charge is 0.253 e. The quantitative estimate of drug-likeness (QED) is 0.442. The number of carbonyl (C=O) groups is 1. The maximum absolute atomic E-state index is 12.9. The first kappa shape index (κ1) is 22.5. The summed E-state index contributed by atoms with van der Waals surface area (Å²) in [5.41, 5.74) is 2.74. The average molecular weight is 474 g/mol. The van der Waals surface area contributed by atoms with Gasteiger partial charge < -0.3 is 20.2 Å². The van der Waals surface area contributed by atoms with Gasteiger partial charge in [0.1, 0.15) is 17.0 Å². The number of fused-ring (bicyclic) bond motifs is 1. The van der Waals surface area contributed by atoms with E-state index in [1.165, 1.54) is 0 Å². The van der Waals surface area contributed by atoms with Crippen LogP contribution in [0.2, 0.25) is 0 Å². The van der Waals surface area contributed by atoms with Crippen LogP contribution in [-0.2, 0) is 0 Å². The molecule has 2 N–H and O–H groups in total. The first-order chi connectivity index (χ1) is 16.6. The van der Waals surface area contributed by atoms with Crippen LogP contribution < -0.4 is 5.32 Å². The first-order valence-electron chi connectivity index (χ1n) is 11.4. The van der Waals surface area contributed by atoms with Crippen molar-refractivity contribution in [3.8, 4) is 10.4 Å². The van der Waals surface area contributed by atoms with Crippen molar-refractivity contribution in [1.29, 1.82) is 0 Å². The maximum Gasteiger partial charge on any atom is 0.253 e. The summed E-state index contributed by atoms with van der Waals surface area (Å²) in [6.07, 6.45) is 1.54. The van der Waals surface area contributed by atoms with Gasteiger partial charge in [0, 0.05) is 36.6 Å².